The Bertz CT molecular complexity index is 3610. The summed E-state index contributed by atoms with van der Waals surface area (Å²) in [6, 6.07) is 89.6. The Labute approximate surface area is 391 Å². The standard InChI is InChI=1S/C64H47N3/c65-62(56-36-20-38-59-61(56)55-35-18-19-37-58(55)64(59,47-26-6-2-7-27-47)48-28-8-3-9-29-48)67-63(66-42-46-25-12-13-30-49(46)43-21-4-1-5-22-43)54-34-17-16-33-52(54)60-51-32-15-11-24-45(51)41-57-50-31-14-10-23-44(50)39-40-53(57)60/h1-41,63,66H,42H2,(H2,65,67). The molecule has 11 aromatic carbocycles. The van der Waals surface area contributed by atoms with Crippen molar-refractivity contribution in [1.29, 1.82) is 0 Å². The average molecular weight is 858 g/mol. The Morgan fingerprint density at radius 3 is 1.78 bits per heavy atom. The van der Waals surface area contributed by atoms with Crippen molar-refractivity contribution in [3.05, 3.63) is 288 Å². The van der Waals surface area contributed by atoms with Gasteiger partial charge in [0.2, 0.25) is 0 Å². The zero-order valence-corrected chi connectivity index (χ0v) is 37.0. The molecule has 0 saturated heterocycles. The van der Waals surface area contributed by atoms with Gasteiger partial charge in [-0.3, -0.25) is 5.32 Å². The summed E-state index contributed by atoms with van der Waals surface area (Å²) in [4.78, 5) is 5.66. The van der Waals surface area contributed by atoms with E-state index in [1.807, 2.05) is 0 Å². The van der Waals surface area contributed by atoms with Crippen LogP contribution in [0.5, 0.6) is 0 Å². The maximum atomic E-state index is 7.56. The summed E-state index contributed by atoms with van der Waals surface area (Å²) in [6.07, 6.45) is -0.532. The monoisotopic (exact) mass is 857 g/mol. The van der Waals surface area contributed by atoms with Crippen molar-refractivity contribution >= 4 is 38.2 Å². The first kappa shape index (κ1) is 40.2. The van der Waals surface area contributed by atoms with Gasteiger partial charge in [-0.05, 0) is 105 Å². The molecule has 1 atom stereocenters. The van der Waals surface area contributed by atoms with Crippen molar-refractivity contribution < 1.29 is 0 Å². The van der Waals surface area contributed by atoms with Gasteiger partial charge in [0, 0.05) is 12.1 Å². The van der Waals surface area contributed by atoms with Crippen LogP contribution in [0.1, 0.15) is 45.1 Å². The molecular weight excluding hydrogens is 811 g/mol. The minimum absolute atomic E-state index is 0.473. The van der Waals surface area contributed by atoms with Crippen molar-refractivity contribution in [2.45, 2.75) is 18.1 Å². The predicted molar refractivity (Wildman–Crippen MR) is 280 cm³/mol. The zero-order valence-electron chi connectivity index (χ0n) is 37.0. The molecule has 3 N–H and O–H groups in total. The van der Waals surface area contributed by atoms with E-state index in [9.17, 15) is 0 Å². The van der Waals surface area contributed by atoms with E-state index < -0.39 is 11.6 Å². The summed E-state index contributed by atoms with van der Waals surface area (Å²) in [5, 5.41) is 11.3. The molecule has 1 aliphatic rings. The van der Waals surface area contributed by atoms with Crippen LogP contribution in [-0.4, -0.2) is 5.84 Å². The molecule has 0 heterocycles. The normalized spacial score (nSPS) is 13.4. The Balaban J connectivity index is 1.08. The molecule has 0 spiro atoms. The van der Waals surface area contributed by atoms with Crippen molar-refractivity contribution in [1.82, 2.24) is 5.32 Å². The maximum Gasteiger partial charge on any atom is 0.128 e. The fourth-order valence-electron chi connectivity index (χ4n) is 11.0. The van der Waals surface area contributed by atoms with Gasteiger partial charge in [-0.2, -0.15) is 0 Å². The van der Waals surface area contributed by atoms with Crippen LogP contribution in [0.2, 0.25) is 0 Å². The van der Waals surface area contributed by atoms with Crippen LogP contribution < -0.4 is 11.1 Å². The molecule has 0 radical (unpaired) electrons. The van der Waals surface area contributed by atoms with Crippen molar-refractivity contribution in [3.8, 4) is 33.4 Å². The molecule has 0 aromatic heterocycles. The van der Waals surface area contributed by atoms with Crippen molar-refractivity contribution in [2.24, 2.45) is 10.7 Å². The second-order valence-corrected chi connectivity index (χ2v) is 17.5. The lowest BCUT2D eigenvalue weighted by atomic mass is 9.67. The van der Waals surface area contributed by atoms with E-state index in [2.05, 4.69) is 254 Å². The number of rotatable bonds is 10. The number of aliphatic imine (C=N–C) groups is 1. The number of hydrogen-bond acceptors (Lipinski definition) is 2. The van der Waals surface area contributed by atoms with Gasteiger partial charge in [-0.1, -0.05) is 243 Å². The lowest BCUT2D eigenvalue weighted by Crippen LogP contribution is -2.29. The third-order valence-corrected chi connectivity index (χ3v) is 13.9. The minimum atomic E-state index is -0.560. The Hall–Kier alpha value is -8.37. The van der Waals surface area contributed by atoms with Crippen LogP contribution in [0.4, 0.5) is 0 Å². The predicted octanol–water partition coefficient (Wildman–Crippen LogP) is 15.0. The number of benzene rings is 11. The van der Waals surface area contributed by atoms with Crippen LogP contribution in [0.15, 0.2) is 254 Å². The average Bonchev–Trinajstić information content (AvgIpc) is 3.71. The second-order valence-electron chi connectivity index (χ2n) is 17.5. The molecule has 0 saturated carbocycles. The summed E-state index contributed by atoms with van der Waals surface area (Å²) in [5.74, 6) is 0.473. The van der Waals surface area contributed by atoms with Crippen LogP contribution in [0.3, 0.4) is 0 Å². The number of nitrogens with two attached hydrogens (primary N) is 1. The smallest absolute Gasteiger partial charge is 0.128 e. The summed E-state index contributed by atoms with van der Waals surface area (Å²) in [6.45, 7) is 0.558. The summed E-state index contributed by atoms with van der Waals surface area (Å²) in [7, 11) is 0. The lowest BCUT2D eigenvalue weighted by Gasteiger charge is -2.33. The summed E-state index contributed by atoms with van der Waals surface area (Å²) >= 11 is 0. The van der Waals surface area contributed by atoms with Gasteiger partial charge < -0.3 is 5.73 Å². The molecule has 0 aliphatic heterocycles. The highest BCUT2D eigenvalue weighted by atomic mass is 15.1. The summed E-state index contributed by atoms with van der Waals surface area (Å²) < 4.78 is 0. The van der Waals surface area contributed by atoms with Crippen LogP contribution in [-0.2, 0) is 12.0 Å². The van der Waals surface area contributed by atoms with Gasteiger partial charge >= 0.3 is 0 Å². The molecule has 318 valence electrons. The maximum absolute atomic E-state index is 7.56. The fraction of sp³-hybridized carbons (Fsp3) is 0.0469. The molecule has 1 unspecified atom stereocenters. The van der Waals surface area contributed by atoms with E-state index in [-0.39, 0.29) is 0 Å². The molecule has 0 amide bonds. The first-order valence-corrected chi connectivity index (χ1v) is 23.2. The first-order valence-electron chi connectivity index (χ1n) is 23.2. The molecule has 3 heteroatoms. The largest absolute Gasteiger partial charge is 0.383 e. The molecule has 0 bridgehead atoms. The summed E-state index contributed by atoms with van der Waals surface area (Å²) in [5.41, 5.74) is 21.9. The van der Waals surface area contributed by atoms with Crippen LogP contribution in [0, 0.1) is 0 Å². The minimum Gasteiger partial charge on any atom is -0.383 e. The van der Waals surface area contributed by atoms with E-state index in [0.717, 1.165) is 27.8 Å². The highest BCUT2D eigenvalue weighted by Gasteiger charge is 2.47. The van der Waals surface area contributed by atoms with Gasteiger partial charge in [0.05, 0.1) is 5.41 Å². The van der Waals surface area contributed by atoms with E-state index in [1.165, 1.54) is 76.8 Å². The van der Waals surface area contributed by atoms with Gasteiger partial charge in [-0.15, -0.1) is 0 Å². The first-order chi connectivity index (χ1) is 33.2. The van der Waals surface area contributed by atoms with E-state index >= 15 is 0 Å². The van der Waals surface area contributed by atoms with E-state index in [0.29, 0.717) is 12.4 Å². The van der Waals surface area contributed by atoms with E-state index in [4.69, 9.17) is 10.7 Å². The third-order valence-electron chi connectivity index (χ3n) is 13.9. The number of nitrogens with one attached hydrogen (secondary N) is 1. The number of fused-ring (bicyclic) bond motifs is 7. The Morgan fingerprint density at radius 1 is 0.433 bits per heavy atom. The highest BCUT2D eigenvalue weighted by molar-refractivity contribution is 6.20. The number of amidine groups is 1. The molecule has 67 heavy (non-hydrogen) atoms. The zero-order chi connectivity index (χ0) is 44.7. The van der Waals surface area contributed by atoms with Crippen molar-refractivity contribution in [3.63, 3.8) is 0 Å². The van der Waals surface area contributed by atoms with Gasteiger partial charge in [0.1, 0.15) is 12.0 Å². The van der Waals surface area contributed by atoms with Gasteiger partial charge in [0.25, 0.3) is 0 Å². The van der Waals surface area contributed by atoms with Gasteiger partial charge in [-0.25, -0.2) is 4.99 Å². The topological polar surface area (TPSA) is 50.4 Å². The molecule has 1 aliphatic carbocycles. The SMILES string of the molecule is NC(=NC(NCc1ccccc1-c1ccccc1)c1ccccc1-c1c2ccccc2cc2c1ccc1ccccc12)c1cccc2c1-c1ccccc1C2(c1ccccc1)c1ccccc1. The molecule has 3 nitrogen and oxygen atoms in total. The fourth-order valence-corrected chi connectivity index (χ4v) is 11.0. The Morgan fingerprint density at radius 2 is 1.01 bits per heavy atom. The quantitative estimate of drug-likeness (QED) is 0.0623. The molecule has 12 rings (SSSR count). The molecule has 11 aromatic rings. The number of nitrogens with zero attached hydrogens (tertiary/aromatic N) is 1. The second kappa shape index (κ2) is 16.9. The van der Waals surface area contributed by atoms with Crippen LogP contribution in [0.25, 0.3) is 65.7 Å². The molecule has 0 fully saturated rings. The Kier molecular flexibility index (Phi) is 10.1. The molecular formula is C64H47N3. The highest BCUT2D eigenvalue weighted by Crippen LogP contribution is 2.57. The van der Waals surface area contributed by atoms with E-state index in [1.54, 1.807) is 0 Å². The van der Waals surface area contributed by atoms with Gasteiger partial charge in [0.15, 0.2) is 0 Å². The lowest BCUT2D eigenvalue weighted by molar-refractivity contribution is 0.556. The third kappa shape index (κ3) is 6.74. The number of hydrogen-bond donors (Lipinski definition) is 2. The van der Waals surface area contributed by atoms with Crippen LogP contribution >= 0.6 is 0 Å². The van der Waals surface area contributed by atoms with Crippen molar-refractivity contribution in [2.75, 3.05) is 0 Å².